The lowest BCUT2D eigenvalue weighted by Gasteiger charge is -2.13. The van der Waals surface area contributed by atoms with Gasteiger partial charge in [-0.3, -0.25) is 0 Å². The first kappa shape index (κ1) is 13.6. The summed E-state index contributed by atoms with van der Waals surface area (Å²) in [5.74, 6) is 0. The van der Waals surface area contributed by atoms with Crippen LogP contribution in [0.4, 0.5) is 0 Å². The Labute approximate surface area is 122 Å². The Morgan fingerprint density at radius 1 is 1.22 bits per heavy atom. The van der Waals surface area contributed by atoms with E-state index >= 15 is 0 Å². The molecule has 1 atom stereocenters. The molecule has 2 nitrogen and oxygen atoms in total. The first-order valence-electron chi connectivity index (χ1n) is 6.33. The second-order valence-corrected chi connectivity index (χ2v) is 5.87. The number of hydrogen-bond donors (Lipinski definition) is 1. The van der Waals surface area contributed by atoms with Gasteiger partial charge in [0.2, 0.25) is 0 Å². The highest BCUT2D eigenvalue weighted by molar-refractivity contribution is 14.1. The van der Waals surface area contributed by atoms with Crippen molar-refractivity contribution in [3.63, 3.8) is 0 Å². The minimum absolute atomic E-state index is 0.260. The molecule has 0 radical (unpaired) electrons. The lowest BCUT2D eigenvalue weighted by Crippen LogP contribution is -2.23. The van der Waals surface area contributed by atoms with Crippen molar-refractivity contribution in [2.45, 2.75) is 32.4 Å². The number of nitrogens with zero attached hydrogens (tertiary/aromatic N) is 1. The highest BCUT2D eigenvalue weighted by atomic mass is 127. The van der Waals surface area contributed by atoms with Crippen molar-refractivity contribution in [1.82, 2.24) is 4.57 Å². The Morgan fingerprint density at radius 2 is 1.94 bits per heavy atom. The average Bonchev–Trinajstić information content (AvgIpc) is 2.79. The molecule has 1 unspecified atom stereocenters. The Kier molecular flexibility index (Phi) is 4.83. The van der Waals surface area contributed by atoms with Gasteiger partial charge >= 0.3 is 0 Å². The summed E-state index contributed by atoms with van der Waals surface area (Å²) in [5.41, 5.74) is 8.69. The first-order chi connectivity index (χ1) is 8.69. The van der Waals surface area contributed by atoms with Crippen LogP contribution in [0.1, 0.15) is 24.6 Å². The van der Waals surface area contributed by atoms with Crippen molar-refractivity contribution in [3.8, 4) is 0 Å². The minimum atomic E-state index is 0.260. The van der Waals surface area contributed by atoms with Gasteiger partial charge in [-0.2, -0.15) is 0 Å². The van der Waals surface area contributed by atoms with Crippen molar-refractivity contribution in [1.29, 1.82) is 0 Å². The summed E-state index contributed by atoms with van der Waals surface area (Å²) < 4.78 is 3.56. The van der Waals surface area contributed by atoms with E-state index in [4.69, 9.17) is 5.73 Å². The molecule has 1 aromatic heterocycles. The molecule has 0 amide bonds. The SMILES string of the molecule is CCC(N)Cc1cccn1Cc1ccc(I)cc1. The van der Waals surface area contributed by atoms with E-state index < -0.39 is 0 Å². The van der Waals surface area contributed by atoms with Crippen LogP contribution in [-0.2, 0) is 13.0 Å². The van der Waals surface area contributed by atoms with Gasteiger partial charge in [-0.15, -0.1) is 0 Å². The Hall–Kier alpha value is -0.810. The standard InChI is InChI=1S/C15H19IN2/c1-2-14(17)10-15-4-3-9-18(15)11-12-5-7-13(16)8-6-12/h3-9,14H,2,10-11,17H2,1H3. The van der Waals surface area contributed by atoms with E-state index in [0.29, 0.717) is 0 Å². The molecule has 0 spiro atoms. The topological polar surface area (TPSA) is 30.9 Å². The maximum Gasteiger partial charge on any atom is 0.0472 e. The summed E-state index contributed by atoms with van der Waals surface area (Å²) in [6.45, 7) is 3.06. The molecule has 1 aromatic carbocycles. The van der Waals surface area contributed by atoms with E-state index in [1.54, 1.807) is 0 Å². The molecule has 0 saturated carbocycles. The highest BCUT2D eigenvalue weighted by Crippen LogP contribution is 2.12. The second-order valence-electron chi connectivity index (χ2n) is 4.63. The van der Waals surface area contributed by atoms with Gasteiger partial charge in [0.05, 0.1) is 0 Å². The van der Waals surface area contributed by atoms with Crippen LogP contribution in [0.15, 0.2) is 42.6 Å². The van der Waals surface area contributed by atoms with Crippen molar-refractivity contribution in [3.05, 3.63) is 57.4 Å². The lowest BCUT2D eigenvalue weighted by molar-refractivity contribution is 0.610. The van der Waals surface area contributed by atoms with Gasteiger partial charge in [0, 0.05) is 34.5 Å². The van der Waals surface area contributed by atoms with Crippen molar-refractivity contribution >= 4 is 22.6 Å². The minimum Gasteiger partial charge on any atom is -0.347 e. The van der Waals surface area contributed by atoms with Gasteiger partial charge in [0.25, 0.3) is 0 Å². The van der Waals surface area contributed by atoms with Crippen LogP contribution >= 0.6 is 22.6 Å². The van der Waals surface area contributed by atoms with Gasteiger partial charge in [0.15, 0.2) is 0 Å². The number of benzene rings is 1. The number of rotatable bonds is 5. The number of hydrogen-bond acceptors (Lipinski definition) is 1. The van der Waals surface area contributed by atoms with Crippen LogP contribution in [0.25, 0.3) is 0 Å². The third kappa shape index (κ3) is 3.59. The van der Waals surface area contributed by atoms with Gasteiger partial charge in [0.1, 0.15) is 0 Å². The lowest BCUT2D eigenvalue weighted by atomic mass is 10.1. The summed E-state index contributed by atoms with van der Waals surface area (Å²) in [5, 5.41) is 0. The molecule has 2 N–H and O–H groups in total. The van der Waals surface area contributed by atoms with Crippen LogP contribution in [0, 0.1) is 3.57 Å². The van der Waals surface area contributed by atoms with Crippen molar-refractivity contribution < 1.29 is 0 Å². The van der Waals surface area contributed by atoms with E-state index in [2.05, 4.69) is 76.7 Å². The molecule has 0 saturated heterocycles. The molecule has 0 aliphatic heterocycles. The fourth-order valence-corrected chi connectivity index (χ4v) is 2.35. The monoisotopic (exact) mass is 354 g/mol. The van der Waals surface area contributed by atoms with Gasteiger partial charge in [-0.1, -0.05) is 19.1 Å². The molecule has 18 heavy (non-hydrogen) atoms. The Balaban J connectivity index is 2.09. The molecule has 3 heteroatoms. The highest BCUT2D eigenvalue weighted by Gasteiger charge is 2.06. The molecular weight excluding hydrogens is 335 g/mol. The zero-order chi connectivity index (χ0) is 13.0. The average molecular weight is 354 g/mol. The van der Waals surface area contributed by atoms with Crippen molar-refractivity contribution in [2.24, 2.45) is 5.73 Å². The largest absolute Gasteiger partial charge is 0.347 e. The summed E-state index contributed by atoms with van der Waals surface area (Å²) in [4.78, 5) is 0. The summed E-state index contributed by atoms with van der Waals surface area (Å²) in [6.07, 6.45) is 4.11. The molecule has 0 fully saturated rings. The first-order valence-corrected chi connectivity index (χ1v) is 7.41. The summed E-state index contributed by atoms with van der Waals surface area (Å²) in [7, 11) is 0. The predicted molar refractivity (Wildman–Crippen MR) is 84.7 cm³/mol. The molecule has 96 valence electrons. The quantitative estimate of drug-likeness (QED) is 0.820. The smallest absolute Gasteiger partial charge is 0.0472 e. The summed E-state index contributed by atoms with van der Waals surface area (Å²) in [6, 6.07) is 13.2. The fraction of sp³-hybridized carbons (Fsp3) is 0.333. The van der Waals surface area contributed by atoms with Crippen molar-refractivity contribution in [2.75, 3.05) is 0 Å². The number of nitrogens with two attached hydrogens (primary N) is 1. The fourth-order valence-electron chi connectivity index (χ4n) is 1.99. The van der Waals surface area contributed by atoms with Crippen LogP contribution in [0.5, 0.6) is 0 Å². The molecule has 0 bridgehead atoms. The molecule has 2 aromatic rings. The van der Waals surface area contributed by atoms with E-state index in [0.717, 1.165) is 19.4 Å². The van der Waals surface area contributed by atoms with Gasteiger partial charge in [-0.25, -0.2) is 0 Å². The maximum atomic E-state index is 6.03. The third-order valence-corrected chi connectivity index (χ3v) is 3.90. The third-order valence-electron chi connectivity index (χ3n) is 3.19. The van der Waals surface area contributed by atoms with E-state index in [1.165, 1.54) is 14.8 Å². The van der Waals surface area contributed by atoms with Gasteiger partial charge in [-0.05, 0) is 58.8 Å². The molecule has 2 rings (SSSR count). The summed E-state index contributed by atoms with van der Waals surface area (Å²) >= 11 is 2.33. The van der Waals surface area contributed by atoms with E-state index in [-0.39, 0.29) is 6.04 Å². The number of halogens is 1. The van der Waals surface area contributed by atoms with Crippen LogP contribution in [0.3, 0.4) is 0 Å². The molecular formula is C15H19IN2. The van der Waals surface area contributed by atoms with Crippen LogP contribution in [0.2, 0.25) is 0 Å². The maximum absolute atomic E-state index is 6.03. The normalized spacial score (nSPS) is 12.6. The van der Waals surface area contributed by atoms with Crippen LogP contribution in [-0.4, -0.2) is 10.6 Å². The Morgan fingerprint density at radius 3 is 2.61 bits per heavy atom. The van der Waals surface area contributed by atoms with Crippen LogP contribution < -0.4 is 5.73 Å². The molecule has 0 aliphatic carbocycles. The van der Waals surface area contributed by atoms with E-state index in [9.17, 15) is 0 Å². The van der Waals surface area contributed by atoms with Gasteiger partial charge < -0.3 is 10.3 Å². The molecule has 0 aliphatic rings. The van der Waals surface area contributed by atoms with E-state index in [1.807, 2.05) is 0 Å². The predicted octanol–water partition coefficient (Wildman–Crippen LogP) is 3.42. The zero-order valence-corrected chi connectivity index (χ0v) is 12.8. The second kappa shape index (κ2) is 6.38. The zero-order valence-electron chi connectivity index (χ0n) is 10.6. The Bertz CT molecular complexity index is 487. The number of aromatic nitrogens is 1. The molecule has 1 heterocycles.